The molecule has 0 spiro atoms. The van der Waals surface area contributed by atoms with Gasteiger partial charge in [-0.3, -0.25) is 0 Å². The minimum Gasteiger partial charge on any atom is -0.319 e. The molecule has 0 atom stereocenters. The smallest absolute Gasteiger partial charge is 0.113 e. The predicted octanol–water partition coefficient (Wildman–Crippen LogP) is 4.30. The van der Waals surface area contributed by atoms with Gasteiger partial charge in [-0.15, -0.1) is 11.3 Å². The molecule has 1 heterocycles. The Morgan fingerprint density at radius 2 is 2.06 bits per heavy atom. The van der Waals surface area contributed by atoms with Gasteiger partial charge < -0.3 is 5.73 Å². The summed E-state index contributed by atoms with van der Waals surface area (Å²) in [7, 11) is 0. The zero-order valence-electron chi connectivity index (χ0n) is 10.0. The van der Waals surface area contributed by atoms with Crippen molar-refractivity contribution in [3.05, 3.63) is 39.1 Å². The largest absolute Gasteiger partial charge is 0.319 e. The Bertz CT molecular complexity index is 558. The van der Waals surface area contributed by atoms with Crippen LogP contribution in [0.3, 0.4) is 0 Å². The molecular weight excluding hydrogens is 308 g/mol. The van der Waals surface area contributed by atoms with E-state index in [4.69, 9.17) is 10.7 Å². The Kier molecular flexibility index (Phi) is 3.26. The van der Waals surface area contributed by atoms with E-state index in [1.165, 1.54) is 12.8 Å². The van der Waals surface area contributed by atoms with Crippen LogP contribution in [0.1, 0.15) is 30.7 Å². The normalized spacial score (nSPS) is 18.1. The van der Waals surface area contributed by atoms with Gasteiger partial charge in [0.1, 0.15) is 5.01 Å². The molecule has 0 amide bonds. The highest BCUT2D eigenvalue weighted by molar-refractivity contribution is 9.10. The topological polar surface area (TPSA) is 38.9 Å². The molecule has 1 aliphatic rings. The maximum atomic E-state index is 6.44. The number of hydrogen-bond acceptors (Lipinski definition) is 3. The van der Waals surface area contributed by atoms with Crippen LogP contribution in [0.2, 0.25) is 0 Å². The molecule has 94 valence electrons. The summed E-state index contributed by atoms with van der Waals surface area (Å²) < 4.78 is 1.08. The molecule has 2 nitrogen and oxygen atoms in total. The summed E-state index contributed by atoms with van der Waals surface area (Å²) in [5.41, 5.74) is 8.45. The third-order valence-corrected chi connectivity index (χ3v) is 5.10. The molecule has 0 radical (unpaired) electrons. The van der Waals surface area contributed by atoms with Crippen molar-refractivity contribution in [3.63, 3.8) is 0 Å². The predicted molar refractivity (Wildman–Crippen MR) is 79.6 cm³/mol. The monoisotopic (exact) mass is 322 g/mol. The van der Waals surface area contributed by atoms with Gasteiger partial charge in [-0.2, -0.15) is 0 Å². The van der Waals surface area contributed by atoms with Crippen LogP contribution in [0.4, 0.5) is 0 Å². The Hall–Kier alpha value is -0.710. The van der Waals surface area contributed by atoms with E-state index in [0.29, 0.717) is 0 Å². The van der Waals surface area contributed by atoms with E-state index in [0.717, 1.165) is 33.6 Å². The van der Waals surface area contributed by atoms with Crippen molar-refractivity contribution in [3.8, 4) is 11.3 Å². The summed E-state index contributed by atoms with van der Waals surface area (Å²) in [5.74, 6) is 0. The second kappa shape index (κ2) is 4.76. The minimum atomic E-state index is -0.172. The van der Waals surface area contributed by atoms with Gasteiger partial charge in [0.2, 0.25) is 0 Å². The van der Waals surface area contributed by atoms with Crippen molar-refractivity contribution < 1.29 is 0 Å². The Morgan fingerprint density at radius 1 is 1.28 bits per heavy atom. The lowest BCUT2D eigenvalue weighted by Gasteiger charge is -2.19. The standard InChI is InChI=1S/C14H15BrN2S/c15-11-5-3-4-10(8-11)12-9-18-13(17-12)14(16)6-1-2-7-14/h3-5,8-9H,1-2,6-7,16H2. The molecule has 1 saturated carbocycles. The first-order chi connectivity index (χ1) is 8.67. The fourth-order valence-corrected chi connectivity index (χ4v) is 3.90. The number of halogens is 1. The first-order valence-corrected chi connectivity index (χ1v) is 7.85. The van der Waals surface area contributed by atoms with Crippen molar-refractivity contribution >= 4 is 27.3 Å². The lowest BCUT2D eigenvalue weighted by Crippen LogP contribution is -2.32. The molecule has 1 aromatic heterocycles. The van der Waals surface area contributed by atoms with Gasteiger partial charge in [0, 0.05) is 15.4 Å². The first-order valence-electron chi connectivity index (χ1n) is 6.18. The van der Waals surface area contributed by atoms with Crippen LogP contribution in [0.15, 0.2) is 34.1 Å². The second-order valence-electron chi connectivity index (χ2n) is 4.91. The average Bonchev–Trinajstić information content (AvgIpc) is 2.98. The van der Waals surface area contributed by atoms with Crippen LogP contribution in [0.5, 0.6) is 0 Å². The minimum absolute atomic E-state index is 0.172. The number of aromatic nitrogens is 1. The molecule has 0 unspecified atom stereocenters. The highest BCUT2D eigenvalue weighted by Gasteiger charge is 2.34. The van der Waals surface area contributed by atoms with Crippen molar-refractivity contribution in [2.45, 2.75) is 31.2 Å². The quantitative estimate of drug-likeness (QED) is 0.895. The maximum Gasteiger partial charge on any atom is 0.113 e. The molecular formula is C14H15BrN2S. The zero-order chi connectivity index (χ0) is 12.6. The SMILES string of the molecule is NC1(c2nc(-c3cccc(Br)c3)cs2)CCCC1. The van der Waals surface area contributed by atoms with Crippen LogP contribution in [0, 0.1) is 0 Å². The molecule has 1 fully saturated rings. The molecule has 0 aliphatic heterocycles. The summed E-state index contributed by atoms with van der Waals surface area (Å²) in [6, 6.07) is 8.24. The zero-order valence-corrected chi connectivity index (χ0v) is 12.4. The van der Waals surface area contributed by atoms with Crippen molar-refractivity contribution in [1.29, 1.82) is 0 Å². The fourth-order valence-electron chi connectivity index (χ4n) is 2.50. The van der Waals surface area contributed by atoms with E-state index in [-0.39, 0.29) is 5.54 Å². The number of thiazole rings is 1. The Labute approximate surface area is 119 Å². The molecule has 4 heteroatoms. The van der Waals surface area contributed by atoms with Gasteiger partial charge in [0.05, 0.1) is 11.2 Å². The van der Waals surface area contributed by atoms with E-state index in [9.17, 15) is 0 Å². The maximum absolute atomic E-state index is 6.44. The molecule has 1 aliphatic carbocycles. The average molecular weight is 323 g/mol. The van der Waals surface area contributed by atoms with Crippen LogP contribution in [-0.4, -0.2) is 4.98 Å². The van der Waals surface area contributed by atoms with Crippen molar-refractivity contribution in [2.24, 2.45) is 5.73 Å². The van der Waals surface area contributed by atoms with E-state index in [1.807, 2.05) is 12.1 Å². The van der Waals surface area contributed by atoms with Crippen LogP contribution >= 0.6 is 27.3 Å². The molecule has 1 aromatic carbocycles. The van der Waals surface area contributed by atoms with Crippen molar-refractivity contribution in [1.82, 2.24) is 4.98 Å². The molecule has 0 bridgehead atoms. The molecule has 18 heavy (non-hydrogen) atoms. The van der Waals surface area contributed by atoms with E-state index >= 15 is 0 Å². The van der Waals surface area contributed by atoms with Gasteiger partial charge in [0.15, 0.2) is 0 Å². The molecule has 2 aromatic rings. The van der Waals surface area contributed by atoms with Gasteiger partial charge in [0.25, 0.3) is 0 Å². The third-order valence-electron chi connectivity index (χ3n) is 3.55. The number of hydrogen-bond donors (Lipinski definition) is 1. The highest BCUT2D eigenvalue weighted by atomic mass is 79.9. The second-order valence-corrected chi connectivity index (χ2v) is 6.69. The van der Waals surface area contributed by atoms with Gasteiger partial charge in [-0.25, -0.2) is 4.98 Å². The van der Waals surface area contributed by atoms with Gasteiger partial charge in [-0.05, 0) is 25.0 Å². The molecule has 2 N–H and O–H groups in total. The number of nitrogens with zero attached hydrogens (tertiary/aromatic N) is 1. The van der Waals surface area contributed by atoms with E-state index in [1.54, 1.807) is 11.3 Å². The lowest BCUT2D eigenvalue weighted by atomic mass is 10.0. The number of benzene rings is 1. The van der Waals surface area contributed by atoms with Crippen LogP contribution < -0.4 is 5.73 Å². The molecule has 0 saturated heterocycles. The summed E-state index contributed by atoms with van der Waals surface area (Å²) in [6.45, 7) is 0. The van der Waals surface area contributed by atoms with Crippen LogP contribution in [0.25, 0.3) is 11.3 Å². The van der Waals surface area contributed by atoms with Gasteiger partial charge in [-0.1, -0.05) is 40.9 Å². The lowest BCUT2D eigenvalue weighted by molar-refractivity contribution is 0.459. The summed E-state index contributed by atoms with van der Waals surface area (Å²) in [6.07, 6.45) is 4.58. The van der Waals surface area contributed by atoms with E-state index in [2.05, 4.69) is 33.4 Å². The Balaban J connectivity index is 1.94. The van der Waals surface area contributed by atoms with Crippen molar-refractivity contribution in [2.75, 3.05) is 0 Å². The van der Waals surface area contributed by atoms with E-state index < -0.39 is 0 Å². The fraction of sp³-hybridized carbons (Fsp3) is 0.357. The summed E-state index contributed by atoms with van der Waals surface area (Å²) >= 11 is 5.19. The number of nitrogens with two attached hydrogens (primary N) is 1. The van der Waals surface area contributed by atoms with Gasteiger partial charge >= 0.3 is 0 Å². The molecule has 3 rings (SSSR count). The summed E-state index contributed by atoms with van der Waals surface area (Å²) in [4.78, 5) is 4.75. The Morgan fingerprint density at radius 3 is 2.78 bits per heavy atom. The summed E-state index contributed by atoms with van der Waals surface area (Å²) in [5, 5.41) is 3.21. The first kappa shape index (κ1) is 12.3. The third kappa shape index (κ3) is 2.25. The van der Waals surface area contributed by atoms with Crippen LogP contribution in [-0.2, 0) is 5.54 Å². The highest BCUT2D eigenvalue weighted by Crippen LogP contribution is 2.39. The number of rotatable bonds is 2.